The predicted octanol–water partition coefficient (Wildman–Crippen LogP) is 2.13. The number of hydrogen-bond donors (Lipinski definition) is 2. The molecule has 0 fully saturated rings. The predicted molar refractivity (Wildman–Crippen MR) is 81.6 cm³/mol. The number of para-hydroxylation sites is 2. The van der Waals surface area contributed by atoms with E-state index in [9.17, 15) is 8.42 Å². The van der Waals surface area contributed by atoms with Crippen molar-refractivity contribution in [2.75, 3.05) is 11.8 Å². The Bertz CT molecular complexity index is 696. The van der Waals surface area contributed by atoms with E-state index in [1.165, 1.54) is 7.11 Å². The number of rotatable bonds is 6. The number of anilines is 1. The van der Waals surface area contributed by atoms with Crippen LogP contribution in [0, 0.1) is 0 Å². The van der Waals surface area contributed by atoms with E-state index >= 15 is 0 Å². The summed E-state index contributed by atoms with van der Waals surface area (Å²) in [5, 5.41) is 8.97. The molecule has 6 heteroatoms. The van der Waals surface area contributed by atoms with Crippen molar-refractivity contribution in [3.63, 3.8) is 0 Å². The van der Waals surface area contributed by atoms with Gasteiger partial charge in [-0.15, -0.1) is 0 Å². The van der Waals surface area contributed by atoms with Gasteiger partial charge in [-0.2, -0.15) is 0 Å². The van der Waals surface area contributed by atoms with E-state index in [-0.39, 0.29) is 12.4 Å². The van der Waals surface area contributed by atoms with Gasteiger partial charge in [-0.25, -0.2) is 8.42 Å². The van der Waals surface area contributed by atoms with E-state index < -0.39 is 10.0 Å². The van der Waals surface area contributed by atoms with Crippen molar-refractivity contribution in [1.82, 2.24) is 0 Å². The Labute approximate surface area is 124 Å². The Morgan fingerprint density at radius 2 is 1.67 bits per heavy atom. The minimum Gasteiger partial charge on any atom is -0.495 e. The summed E-state index contributed by atoms with van der Waals surface area (Å²) in [6.07, 6.45) is 0. The number of sulfonamides is 1. The highest BCUT2D eigenvalue weighted by Gasteiger charge is 2.14. The van der Waals surface area contributed by atoms with Crippen LogP contribution < -0.4 is 9.46 Å². The molecule has 0 unspecified atom stereocenters. The normalized spacial score (nSPS) is 11.1. The molecular weight excluding hydrogens is 290 g/mol. The number of benzene rings is 2. The molecule has 0 spiro atoms. The number of aliphatic hydroxyl groups is 1. The average molecular weight is 307 g/mol. The smallest absolute Gasteiger partial charge is 0.237 e. The zero-order valence-corrected chi connectivity index (χ0v) is 12.4. The van der Waals surface area contributed by atoms with E-state index in [0.29, 0.717) is 17.0 Å². The summed E-state index contributed by atoms with van der Waals surface area (Å²) >= 11 is 0. The highest BCUT2D eigenvalue weighted by molar-refractivity contribution is 7.91. The van der Waals surface area contributed by atoms with Gasteiger partial charge in [-0.1, -0.05) is 36.4 Å². The zero-order chi connectivity index (χ0) is 15.3. The molecule has 2 aromatic rings. The lowest BCUT2D eigenvalue weighted by molar-refractivity contribution is 0.282. The Morgan fingerprint density at radius 1 is 1.05 bits per heavy atom. The molecule has 2 rings (SSSR count). The van der Waals surface area contributed by atoms with Crippen molar-refractivity contribution in [2.24, 2.45) is 0 Å². The molecule has 2 aromatic carbocycles. The van der Waals surface area contributed by atoms with Crippen molar-refractivity contribution in [1.29, 1.82) is 0 Å². The van der Waals surface area contributed by atoms with Gasteiger partial charge in [-0.3, -0.25) is 4.72 Å². The maximum atomic E-state index is 12.2. The van der Waals surface area contributed by atoms with Gasteiger partial charge in [0.05, 0.1) is 25.2 Å². The molecule has 5 nitrogen and oxygen atoms in total. The lowest BCUT2D eigenvalue weighted by Gasteiger charge is -2.11. The molecule has 0 heterocycles. The van der Waals surface area contributed by atoms with Gasteiger partial charge in [-0.05, 0) is 23.3 Å². The van der Waals surface area contributed by atoms with E-state index in [1.807, 2.05) is 0 Å². The number of hydrogen-bond acceptors (Lipinski definition) is 4. The first kappa shape index (κ1) is 15.3. The quantitative estimate of drug-likeness (QED) is 0.857. The van der Waals surface area contributed by atoms with E-state index in [2.05, 4.69) is 4.72 Å². The Balaban J connectivity index is 2.14. The van der Waals surface area contributed by atoms with Crippen molar-refractivity contribution in [3.8, 4) is 5.75 Å². The monoisotopic (exact) mass is 307 g/mol. The van der Waals surface area contributed by atoms with Crippen LogP contribution in [0.4, 0.5) is 5.69 Å². The molecule has 0 aliphatic heterocycles. The number of nitrogens with one attached hydrogen (secondary N) is 1. The third-order valence-electron chi connectivity index (χ3n) is 2.93. The summed E-state index contributed by atoms with van der Waals surface area (Å²) in [4.78, 5) is 0. The fourth-order valence-electron chi connectivity index (χ4n) is 1.89. The molecule has 0 bridgehead atoms. The van der Waals surface area contributed by atoms with Crippen molar-refractivity contribution < 1.29 is 18.3 Å². The van der Waals surface area contributed by atoms with Gasteiger partial charge in [0, 0.05) is 0 Å². The second kappa shape index (κ2) is 6.60. The first-order valence-electron chi connectivity index (χ1n) is 6.36. The molecule has 0 aliphatic rings. The fourth-order valence-corrected chi connectivity index (χ4v) is 3.10. The van der Waals surface area contributed by atoms with Gasteiger partial charge in [0.15, 0.2) is 0 Å². The van der Waals surface area contributed by atoms with Crippen LogP contribution in [0.1, 0.15) is 11.1 Å². The standard InChI is InChI=1S/C15H17NO4S/c1-20-15-5-3-2-4-14(15)16-21(18,19)11-13-8-6-12(10-17)7-9-13/h2-9,16-17H,10-11H2,1H3. The van der Waals surface area contributed by atoms with Crippen molar-refractivity contribution >= 4 is 15.7 Å². The maximum Gasteiger partial charge on any atom is 0.237 e. The van der Waals surface area contributed by atoms with Crippen LogP contribution in [-0.2, 0) is 22.4 Å². The largest absolute Gasteiger partial charge is 0.495 e. The minimum absolute atomic E-state index is 0.0630. The second-order valence-corrected chi connectivity index (χ2v) is 6.26. The van der Waals surface area contributed by atoms with Crippen LogP contribution >= 0.6 is 0 Å². The molecule has 0 radical (unpaired) electrons. The Morgan fingerprint density at radius 3 is 2.29 bits per heavy atom. The average Bonchev–Trinajstić information content (AvgIpc) is 2.47. The van der Waals surface area contributed by atoms with Crippen LogP contribution in [0.25, 0.3) is 0 Å². The van der Waals surface area contributed by atoms with Crippen LogP contribution in [0.5, 0.6) is 5.75 Å². The highest BCUT2D eigenvalue weighted by Crippen LogP contribution is 2.24. The van der Waals surface area contributed by atoms with Gasteiger partial charge < -0.3 is 9.84 Å². The van der Waals surface area contributed by atoms with Crippen LogP contribution in [0.2, 0.25) is 0 Å². The molecule has 2 N–H and O–H groups in total. The summed E-state index contributed by atoms with van der Waals surface area (Å²) in [7, 11) is -2.05. The second-order valence-electron chi connectivity index (χ2n) is 4.54. The third-order valence-corrected chi connectivity index (χ3v) is 4.18. The summed E-state index contributed by atoms with van der Waals surface area (Å²) in [5.74, 6) is 0.327. The number of methoxy groups -OCH3 is 1. The third kappa shape index (κ3) is 4.21. The fraction of sp³-hybridized carbons (Fsp3) is 0.200. The van der Waals surface area contributed by atoms with Crippen LogP contribution in [0.3, 0.4) is 0 Å². The molecule has 0 saturated heterocycles. The number of aliphatic hydroxyl groups excluding tert-OH is 1. The molecule has 0 aliphatic carbocycles. The van der Waals surface area contributed by atoms with Crippen LogP contribution in [0.15, 0.2) is 48.5 Å². The number of ether oxygens (including phenoxy) is 1. The Hall–Kier alpha value is -2.05. The summed E-state index contributed by atoms with van der Waals surface area (Å²) < 4.78 is 32.0. The first-order valence-corrected chi connectivity index (χ1v) is 8.01. The van der Waals surface area contributed by atoms with Crippen LogP contribution in [-0.4, -0.2) is 20.6 Å². The highest BCUT2D eigenvalue weighted by atomic mass is 32.2. The van der Waals surface area contributed by atoms with Gasteiger partial charge >= 0.3 is 0 Å². The SMILES string of the molecule is COc1ccccc1NS(=O)(=O)Cc1ccc(CO)cc1. The summed E-state index contributed by atoms with van der Waals surface area (Å²) in [6.45, 7) is -0.0630. The Kier molecular flexibility index (Phi) is 4.82. The first-order chi connectivity index (χ1) is 10.0. The van der Waals surface area contributed by atoms with E-state index in [4.69, 9.17) is 9.84 Å². The summed E-state index contributed by atoms with van der Waals surface area (Å²) in [6, 6.07) is 13.6. The zero-order valence-electron chi connectivity index (χ0n) is 11.6. The molecule has 112 valence electrons. The molecule has 0 saturated carbocycles. The minimum atomic E-state index is -3.53. The lowest BCUT2D eigenvalue weighted by Crippen LogP contribution is -2.15. The van der Waals surface area contributed by atoms with Crippen molar-refractivity contribution in [2.45, 2.75) is 12.4 Å². The maximum absolute atomic E-state index is 12.2. The molecule has 0 atom stereocenters. The van der Waals surface area contributed by atoms with E-state index in [1.54, 1.807) is 48.5 Å². The topological polar surface area (TPSA) is 75.6 Å². The molecule has 21 heavy (non-hydrogen) atoms. The van der Waals surface area contributed by atoms with Gasteiger partial charge in [0.2, 0.25) is 10.0 Å². The van der Waals surface area contributed by atoms with Crippen molar-refractivity contribution in [3.05, 3.63) is 59.7 Å². The lowest BCUT2D eigenvalue weighted by atomic mass is 10.2. The van der Waals surface area contributed by atoms with E-state index in [0.717, 1.165) is 5.56 Å². The van der Waals surface area contributed by atoms with Gasteiger partial charge in [0.25, 0.3) is 0 Å². The molecular formula is C15H17NO4S. The molecule has 0 amide bonds. The van der Waals surface area contributed by atoms with Gasteiger partial charge in [0.1, 0.15) is 5.75 Å². The summed E-state index contributed by atoms with van der Waals surface area (Å²) in [5.41, 5.74) is 1.80. The molecule has 0 aromatic heterocycles.